The van der Waals surface area contributed by atoms with Gasteiger partial charge in [0, 0.05) is 69.8 Å². The van der Waals surface area contributed by atoms with Crippen molar-refractivity contribution >= 4 is 21.8 Å². The third-order valence-corrected chi connectivity index (χ3v) is 10.9. The van der Waals surface area contributed by atoms with Gasteiger partial charge in [0.1, 0.15) is 5.75 Å². The van der Waals surface area contributed by atoms with Crippen LogP contribution in [0.5, 0.6) is 5.75 Å². The average molecular weight is 712 g/mol. The molecule has 2 amide bonds. The van der Waals surface area contributed by atoms with Crippen molar-refractivity contribution in [2.45, 2.75) is 49.7 Å². The number of carbonyl (C=O) groups is 2. The van der Waals surface area contributed by atoms with Crippen molar-refractivity contribution in [1.82, 2.24) is 23.9 Å². The van der Waals surface area contributed by atoms with Gasteiger partial charge < -0.3 is 29.5 Å². The van der Waals surface area contributed by atoms with Crippen molar-refractivity contribution in [2.24, 2.45) is 7.05 Å². The number of amides is 2. The van der Waals surface area contributed by atoms with Crippen LogP contribution in [0, 0.1) is 6.92 Å². The maximum Gasteiger partial charge on any atom is 0.286 e. The maximum atomic E-state index is 13.9. The number of allylic oxidation sites excluding steroid dienone is 1. The predicted octanol–water partition coefficient (Wildman–Crippen LogP) is 2.04. The number of carbonyl (C=O) groups excluding carboxylic acids is 2. The fourth-order valence-corrected chi connectivity index (χ4v) is 7.70. The van der Waals surface area contributed by atoms with Crippen LogP contribution < -0.4 is 15.6 Å². The molecule has 2 aliphatic heterocycles. The molecule has 0 radical (unpaired) electrons. The van der Waals surface area contributed by atoms with Crippen LogP contribution in [0.4, 0.5) is 0 Å². The summed E-state index contributed by atoms with van der Waals surface area (Å²) < 4.78 is 48.4. The second kappa shape index (κ2) is 16.5. The standard InChI is InChI=1S/C35H45N5O9S/c1-25-33(35(44)40(37(25)2)27-9-5-4-6-10-27)26-23-30(34(43)36-16-8-18-38-17-7-11-31(38)42)49-32(24-26)48-22-20-39(19-21-41)50(45,46)29-14-12-28(47-3)13-15-29/h4-6,9-10,12-15,23,26,32,41H,7-8,11,16-22,24H2,1-3H3,(H,36,43)/t26-,32+/m0/s1. The van der Waals surface area contributed by atoms with Crippen LogP contribution in [0.25, 0.3) is 5.69 Å². The molecule has 270 valence electrons. The minimum atomic E-state index is -3.98. The largest absolute Gasteiger partial charge is 0.497 e. The molecule has 50 heavy (non-hydrogen) atoms. The molecule has 1 saturated heterocycles. The molecule has 0 aliphatic carbocycles. The molecule has 2 N–H and O–H groups in total. The third kappa shape index (κ3) is 8.29. The van der Waals surface area contributed by atoms with Gasteiger partial charge in [-0.05, 0) is 62.2 Å². The summed E-state index contributed by atoms with van der Waals surface area (Å²) in [5, 5.41) is 12.5. The normalized spacial score (nSPS) is 17.9. The molecule has 15 heteroatoms. The first-order valence-electron chi connectivity index (χ1n) is 16.7. The number of likely N-dealkylation sites (tertiary alicyclic amines) is 1. The molecular weight excluding hydrogens is 666 g/mol. The molecule has 2 atom stereocenters. The van der Waals surface area contributed by atoms with Gasteiger partial charge in [0.15, 0.2) is 5.76 Å². The zero-order valence-electron chi connectivity index (χ0n) is 28.6. The van der Waals surface area contributed by atoms with Gasteiger partial charge in [-0.1, -0.05) is 18.2 Å². The number of sulfonamides is 1. The molecular formula is C35H45N5O9S. The molecule has 0 unspecified atom stereocenters. The van der Waals surface area contributed by atoms with Gasteiger partial charge in [-0.3, -0.25) is 19.1 Å². The van der Waals surface area contributed by atoms with Gasteiger partial charge in [0.2, 0.25) is 22.2 Å². The summed E-state index contributed by atoms with van der Waals surface area (Å²) in [7, 11) is -0.704. The highest BCUT2D eigenvalue weighted by molar-refractivity contribution is 7.89. The number of nitrogens with one attached hydrogen (secondary N) is 1. The summed E-state index contributed by atoms with van der Waals surface area (Å²) in [5.41, 5.74) is 1.63. The zero-order valence-corrected chi connectivity index (χ0v) is 29.4. The van der Waals surface area contributed by atoms with Crippen molar-refractivity contribution in [1.29, 1.82) is 0 Å². The Morgan fingerprint density at radius 1 is 1.10 bits per heavy atom. The molecule has 1 fully saturated rings. The first-order chi connectivity index (χ1) is 24.0. The van der Waals surface area contributed by atoms with E-state index in [1.807, 2.05) is 37.3 Å². The summed E-state index contributed by atoms with van der Waals surface area (Å²) >= 11 is 0. The van der Waals surface area contributed by atoms with Crippen LogP contribution in [0.15, 0.2) is 76.1 Å². The van der Waals surface area contributed by atoms with Crippen molar-refractivity contribution in [3.05, 3.63) is 88.0 Å². The fraction of sp³-hybridized carbons (Fsp3) is 0.457. The summed E-state index contributed by atoms with van der Waals surface area (Å²) in [6.45, 7) is 2.62. The lowest BCUT2D eigenvalue weighted by molar-refractivity contribution is -0.146. The second-order valence-electron chi connectivity index (χ2n) is 12.2. The second-order valence-corrected chi connectivity index (χ2v) is 14.1. The molecule has 5 rings (SSSR count). The number of aliphatic hydroxyl groups is 1. The molecule has 2 aromatic carbocycles. The van der Waals surface area contributed by atoms with E-state index in [0.29, 0.717) is 48.6 Å². The lowest BCUT2D eigenvalue weighted by Crippen LogP contribution is -2.38. The van der Waals surface area contributed by atoms with Crippen molar-refractivity contribution < 1.29 is 37.3 Å². The fourth-order valence-electron chi connectivity index (χ4n) is 6.28. The van der Waals surface area contributed by atoms with Crippen LogP contribution in [-0.2, 0) is 36.1 Å². The molecule has 3 heterocycles. The van der Waals surface area contributed by atoms with E-state index in [2.05, 4.69) is 5.32 Å². The quantitative estimate of drug-likeness (QED) is 0.212. The number of hydrogen-bond donors (Lipinski definition) is 2. The minimum absolute atomic E-state index is 0.0181. The number of rotatable bonds is 16. The molecule has 0 bridgehead atoms. The zero-order chi connectivity index (χ0) is 35.8. The van der Waals surface area contributed by atoms with Crippen molar-refractivity contribution in [3.63, 3.8) is 0 Å². The van der Waals surface area contributed by atoms with E-state index in [0.717, 1.165) is 17.3 Å². The van der Waals surface area contributed by atoms with Gasteiger partial charge in [0.25, 0.3) is 11.5 Å². The van der Waals surface area contributed by atoms with Crippen LogP contribution in [0.2, 0.25) is 0 Å². The van der Waals surface area contributed by atoms with Crippen LogP contribution in [-0.4, -0.2) is 103 Å². The highest BCUT2D eigenvalue weighted by atomic mass is 32.2. The molecule has 1 aromatic heterocycles. The van der Waals surface area contributed by atoms with Gasteiger partial charge in [-0.15, -0.1) is 0 Å². The van der Waals surface area contributed by atoms with Crippen molar-refractivity contribution in [2.75, 3.05) is 53.0 Å². The SMILES string of the molecule is COc1ccc(S(=O)(=O)N(CCO)CCO[C@H]2C[C@@H](c3c(C)n(C)n(-c4ccccc4)c3=O)C=C(C(=O)NCCCN3CCCC3=O)O2)cc1. The summed E-state index contributed by atoms with van der Waals surface area (Å²) in [5.74, 6) is -0.445. The van der Waals surface area contributed by atoms with E-state index in [1.54, 1.807) is 39.5 Å². The first kappa shape index (κ1) is 36.8. The Morgan fingerprint density at radius 2 is 1.84 bits per heavy atom. The van der Waals surface area contributed by atoms with E-state index in [9.17, 15) is 27.9 Å². The number of methoxy groups -OCH3 is 1. The number of aliphatic hydroxyl groups excluding tert-OH is 1. The number of ether oxygens (including phenoxy) is 3. The number of para-hydroxylation sites is 1. The average Bonchev–Trinajstić information content (AvgIpc) is 3.63. The third-order valence-electron chi connectivity index (χ3n) is 9.00. The first-order valence-corrected chi connectivity index (χ1v) is 18.1. The lowest BCUT2D eigenvalue weighted by atomic mass is 9.93. The number of nitrogens with zero attached hydrogens (tertiary/aromatic N) is 4. The van der Waals surface area contributed by atoms with Gasteiger partial charge >= 0.3 is 0 Å². The van der Waals surface area contributed by atoms with Crippen LogP contribution in [0.1, 0.15) is 42.9 Å². The Labute approximate surface area is 291 Å². The number of hydrogen-bond acceptors (Lipinski definition) is 9. The van der Waals surface area contributed by atoms with Crippen LogP contribution in [0.3, 0.4) is 0 Å². The predicted molar refractivity (Wildman–Crippen MR) is 184 cm³/mol. The van der Waals surface area contributed by atoms with E-state index >= 15 is 0 Å². The molecule has 14 nitrogen and oxygen atoms in total. The van der Waals surface area contributed by atoms with E-state index in [-0.39, 0.29) is 48.2 Å². The van der Waals surface area contributed by atoms with E-state index in [4.69, 9.17) is 14.2 Å². The number of aromatic nitrogens is 2. The Kier molecular flexibility index (Phi) is 12.2. The Bertz CT molecular complexity index is 1840. The summed E-state index contributed by atoms with van der Waals surface area (Å²) in [6, 6.07) is 15.2. The monoisotopic (exact) mass is 711 g/mol. The van der Waals surface area contributed by atoms with Gasteiger partial charge in [-0.2, -0.15) is 4.31 Å². The topological polar surface area (TPSA) is 162 Å². The summed E-state index contributed by atoms with van der Waals surface area (Å²) in [4.78, 5) is 41.1. The Hall–Kier alpha value is -4.44. The Balaban J connectivity index is 1.33. The van der Waals surface area contributed by atoms with Crippen molar-refractivity contribution in [3.8, 4) is 11.4 Å². The molecule has 0 saturated carbocycles. The highest BCUT2D eigenvalue weighted by Gasteiger charge is 2.34. The summed E-state index contributed by atoms with van der Waals surface area (Å²) in [6.07, 6.45) is 2.78. The molecule has 3 aromatic rings. The van der Waals surface area contributed by atoms with Gasteiger partial charge in [0.05, 0.1) is 30.9 Å². The minimum Gasteiger partial charge on any atom is -0.497 e. The smallest absolute Gasteiger partial charge is 0.286 e. The van der Waals surface area contributed by atoms with E-state index < -0.39 is 34.7 Å². The Morgan fingerprint density at radius 3 is 2.50 bits per heavy atom. The van der Waals surface area contributed by atoms with Crippen LogP contribution >= 0.6 is 0 Å². The van der Waals surface area contributed by atoms with E-state index in [1.165, 1.54) is 19.2 Å². The molecule has 2 aliphatic rings. The molecule has 0 spiro atoms. The lowest BCUT2D eigenvalue weighted by Gasteiger charge is -2.30. The van der Waals surface area contributed by atoms with Gasteiger partial charge in [-0.25, -0.2) is 13.1 Å². The number of benzene rings is 2. The highest BCUT2D eigenvalue weighted by Crippen LogP contribution is 2.32. The maximum absolute atomic E-state index is 13.9.